The zero-order valence-electron chi connectivity index (χ0n) is 9.48. The quantitative estimate of drug-likeness (QED) is 0.878. The summed E-state index contributed by atoms with van der Waals surface area (Å²) >= 11 is 0. The topological polar surface area (TPSA) is 59.1 Å². The smallest absolute Gasteiger partial charge is 0.129 e. The number of anilines is 1. The van der Waals surface area contributed by atoms with Gasteiger partial charge in [-0.2, -0.15) is 0 Å². The summed E-state index contributed by atoms with van der Waals surface area (Å²) in [6.45, 7) is 0. The number of hydrogen-bond donors (Lipinski definition) is 2. The van der Waals surface area contributed by atoms with Crippen molar-refractivity contribution in [1.82, 2.24) is 4.98 Å². The van der Waals surface area contributed by atoms with Crippen LogP contribution in [0.25, 0.3) is 0 Å². The molecule has 1 heterocycles. The van der Waals surface area contributed by atoms with Crippen molar-refractivity contribution in [2.24, 2.45) is 0 Å². The summed E-state index contributed by atoms with van der Waals surface area (Å²) in [5.74, 6) is -1.13. The van der Waals surface area contributed by atoms with Crippen molar-refractivity contribution >= 4 is 5.82 Å². The number of hydrogen-bond acceptors (Lipinski definition) is 3. The van der Waals surface area contributed by atoms with E-state index in [4.69, 9.17) is 5.73 Å². The van der Waals surface area contributed by atoms with E-state index in [-0.39, 0.29) is 17.8 Å². The lowest BCUT2D eigenvalue weighted by Gasteiger charge is -2.13. The van der Waals surface area contributed by atoms with E-state index in [1.54, 1.807) is 12.1 Å². The van der Waals surface area contributed by atoms with Gasteiger partial charge in [-0.05, 0) is 17.7 Å². The summed E-state index contributed by atoms with van der Waals surface area (Å²) in [5.41, 5.74) is 6.27. The molecule has 2 rings (SSSR count). The number of aliphatic hydroxyl groups is 1. The molecule has 0 spiro atoms. The van der Waals surface area contributed by atoms with Gasteiger partial charge in [0.2, 0.25) is 0 Å². The van der Waals surface area contributed by atoms with Gasteiger partial charge in [-0.25, -0.2) is 13.8 Å². The molecule has 94 valence electrons. The van der Waals surface area contributed by atoms with Crippen molar-refractivity contribution in [3.63, 3.8) is 0 Å². The number of benzene rings is 1. The fourth-order valence-electron chi connectivity index (χ4n) is 1.72. The Bertz CT molecular complexity index is 560. The number of aromatic nitrogens is 1. The van der Waals surface area contributed by atoms with Crippen LogP contribution in [0.2, 0.25) is 0 Å². The molecule has 5 heteroatoms. The Morgan fingerprint density at radius 2 is 2.06 bits per heavy atom. The molecule has 0 aliphatic carbocycles. The van der Waals surface area contributed by atoms with E-state index in [1.165, 1.54) is 12.3 Å². The Morgan fingerprint density at radius 1 is 1.28 bits per heavy atom. The number of nitrogen functional groups attached to an aromatic ring is 1. The van der Waals surface area contributed by atoms with Crippen LogP contribution < -0.4 is 5.73 Å². The summed E-state index contributed by atoms with van der Waals surface area (Å²) in [6, 6.07) is 6.50. The van der Waals surface area contributed by atoms with Gasteiger partial charge in [0.15, 0.2) is 0 Å². The average molecular weight is 250 g/mol. The van der Waals surface area contributed by atoms with E-state index in [9.17, 15) is 13.9 Å². The van der Waals surface area contributed by atoms with Gasteiger partial charge in [-0.15, -0.1) is 0 Å². The lowest BCUT2D eigenvalue weighted by Crippen LogP contribution is -2.07. The fraction of sp³-hybridized carbons (Fsp3) is 0.154. The Morgan fingerprint density at radius 3 is 2.72 bits per heavy atom. The SMILES string of the molecule is Nc1ncccc1C(O)Cc1ccc(F)cc1F. The van der Waals surface area contributed by atoms with Crippen LogP contribution in [0.5, 0.6) is 0 Å². The van der Waals surface area contributed by atoms with E-state index in [1.807, 2.05) is 0 Å². The Labute approximate surface area is 103 Å². The van der Waals surface area contributed by atoms with Gasteiger partial charge < -0.3 is 10.8 Å². The molecule has 1 aromatic heterocycles. The number of halogens is 2. The minimum atomic E-state index is -0.973. The molecule has 0 amide bonds. The Balaban J connectivity index is 2.21. The van der Waals surface area contributed by atoms with Crippen LogP contribution in [0.3, 0.4) is 0 Å². The predicted molar refractivity (Wildman–Crippen MR) is 63.7 cm³/mol. The van der Waals surface area contributed by atoms with Crippen molar-refractivity contribution in [2.45, 2.75) is 12.5 Å². The van der Waals surface area contributed by atoms with E-state index < -0.39 is 17.7 Å². The van der Waals surface area contributed by atoms with Crippen molar-refractivity contribution in [2.75, 3.05) is 5.73 Å². The van der Waals surface area contributed by atoms with Crippen LogP contribution >= 0.6 is 0 Å². The van der Waals surface area contributed by atoms with Gasteiger partial charge in [0, 0.05) is 24.2 Å². The molecule has 0 saturated heterocycles. The number of nitrogens with two attached hydrogens (primary N) is 1. The Hall–Kier alpha value is -2.01. The van der Waals surface area contributed by atoms with Crippen molar-refractivity contribution in [3.8, 4) is 0 Å². The highest BCUT2D eigenvalue weighted by Crippen LogP contribution is 2.23. The normalized spacial score (nSPS) is 12.4. The van der Waals surface area contributed by atoms with Gasteiger partial charge >= 0.3 is 0 Å². The van der Waals surface area contributed by atoms with Crippen molar-refractivity contribution < 1.29 is 13.9 Å². The monoisotopic (exact) mass is 250 g/mol. The zero-order valence-corrected chi connectivity index (χ0v) is 9.48. The molecule has 0 fully saturated rings. The van der Waals surface area contributed by atoms with E-state index >= 15 is 0 Å². The first-order chi connectivity index (χ1) is 8.58. The molecule has 0 radical (unpaired) electrons. The van der Waals surface area contributed by atoms with Crippen LogP contribution in [0.4, 0.5) is 14.6 Å². The van der Waals surface area contributed by atoms with Crippen molar-refractivity contribution in [1.29, 1.82) is 0 Å². The van der Waals surface area contributed by atoms with Crippen LogP contribution in [0, 0.1) is 11.6 Å². The molecule has 18 heavy (non-hydrogen) atoms. The number of aliphatic hydroxyl groups excluding tert-OH is 1. The highest BCUT2D eigenvalue weighted by molar-refractivity contribution is 5.40. The van der Waals surface area contributed by atoms with E-state index in [0.29, 0.717) is 5.56 Å². The molecule has 3 N–H and O–H groups in total. The molecule has 1 atom stereocenters. The molecule has 0 aliphatic rings. The third-order valence-corrected chi connectivity index (χ3v) is 2.66. The first kappa shape index (κ1) is 12.4. The minimum Gasteiger partial charge on any atom is -0.388 e. The molecular formula is C13H12F2N2O. The van der Waals surface area contributed by atoms with E-state index in [0.717, 1.165) is 12.1 Å². The van der Waals surface area contributed by atoms with Gasteiger partial charge in [-0.1, -0.05) is 12.1 Å². The summed E-state index contributed by atoms with van der Waals surface area (Å²) in [5, 5.41) is 9.97. The molecule has 0 aliphatic heterocycles. The molecule has 1 aromatic carbocycles. The first-order valence-corrected chi connectivity index (χ1v) is 5.40. The lowest BCUT2D eigenvalue weighted by molar-refractivity contribution is 0.177. The zero-order chi connectivity index (χ0) is 13.1. The highest BCUT2D eigenvalue weighted by atomic mass is 19.1. The minimum absolute atomic E-state index is 0.0159. The maximum Gasteiger partial charge on any atom is 0.129 e. The third kappa shape index (κ3) is 2.62. The molecule has 3 nitrogen and oxygen atoms in total. The lowest BCUT2D eigenvalue weighted by atomic mass is 10.0. The second-order valence-corrected chi connectivity index (χ2v) is 3.93. The van der Waals surface area contributed by atoms with Gasteiger partial charge in [0.25, 0.3) is 0 Å². The highest BCUT2D eigenvalue weighted by Gasteiger charge is 2.14. The van der Waals surface area contributed by atoms with Crippen LogP contribution in [0.1, 0.15) is 17.2 Å². The van der Waals surface area contributed by atoms with Crippen LogP contribution in [0.15, 0.2) is 36.5 Å². The fourth-order valence-corrected chi connectivity index (χ4v) is 1.72. The Kier molecular flexibility index (Phi) is 3.53. The summed E-state index contributed by atoms with van der Waals surface area (Å²) < 4.78 is 26.2. The first-order valence-electron chi connectivity index (χ1n) is 5.40. The van der Waals surface area contributed by atoms with Crippen LogP contribution in [-0.4, -0.2) is 10.1 Å². The second kappa shape index (κ2) is 5.10. The summed E-state index contributed by atoms with van der Waals surface area (Å²) in [7, 11) is 0. The number of nitrogens with zero attached hydrogens (tertiary/aromatic N) is 1. The largest absolute Gasteiger partial charge is 0.388 e. The second-order valence-electron chi connectivity index (χ2n) is 3.93. The van der Waals surface area contributed by atoms with Gasteiger partial charge in [0.05, 0.1) is 6.10 Å². The average Bonchev–Trinajstić information content (AvgIpc) is 2.33. The molecule has 1 unspecified atom stereocenters. The molecule has 0 saturated carbocycles. The van der Waals surface area contributed by atoms with Crippen LogP contribution in [-0.2, 0) is 6.42 Å². The molecule has 2 aromatic rings. The number of rotatable bonds is 3. The van der Waals surface area contributed by atoms with Gasteiger partial charge in [-0.3, -0.25) is 0 Å². The summed E-state index contributed by atoms with van der Waals surface area (Å²) in [6.07, 6.45) is 0.546. The standard InChI is InChI=1S/C13H12F2N2O/c14-9-4-3-8(11(15)7-9)6-12(18)10-2-1-5-17-13(10)16/h1-5,7,12,18H,6H2,(H2,16,17). The third-order valence-electron chi connectivity index (χ3n) is 2.66. The molecular weight excluding hydrogens is 238 g/mol. The summed E-state index contributed by atoms with van der Waals surface area (Å²) in [4.78, 5) is 3.84. The van der Waals surface area contributed by atoms with E-state index in [2.05, 4.69) is 4.98 Å². The predicted octanol–water partition coefficient (Wildman–Crippen LogP) is 2.22. The van der Waals surface area contributed by atoms with Gasteiger partial charge in [0.1, 0.15) is 17.5 Å². The van der Waals surface area contributed by atoms with Crippen molar-refractivity contribution in [3.05, 3.63) is 59.3 Å². The number of pyridine rings is 1. The maximum atomic E-state index is 13.4. The maximum absolute atomic E-state index is 13.4. The molecule has 0 bridgehead atoms.